The molecule has 49 heavy (non-hydrogen) atoms. The van der Waals surface area contributed by atoms with E-state index in [1.165, 1.54) is 0 Å². The molecule has 0 radical (unpaired) electrons. The summed E-state index contributed by atoms with van der Waals surface area (Å²) in [6.45, 7) is 4.37. The van der Waals surface area contributed by atoms with Crippen LogP contribution in [0.3, 0.4) is 0 Å². The molecule has 0 bridgehead atoms. The van der Waals surface area contributed by atoms with E-state index in [2.05, 4.69) is 108 Å². The maximum atomic E-state index is 6.01. The van der Waals surface area contributed by atoms with E-state index in [-0.39, 0.29) is 0 Å². The molecule has 7 nitrogen and oxygen atoms in total. The molecule has 5 aromatic carbocycles. The van der Waals surface area contributed by atoms with E-state index in [1.54, 1.807) is 14.2 Å². The van der Waals surface area contributed by atoms with Crippen molar-refractivity contribution in [1.82, 2.24) is 25.2 Å². The minimum atomic E-state index is -0.907. The summed E-state index contributed by atoms with van der Waals surface area (Å²) < 4.78 is 13.7. The van der Waals surface area contributed by atoms with Gasteiger partial charge < -0.3 is 9.47 Å². The Morgan fingerprint density at radius 1 is 0.612 bits per heavy atom. The van der Waals surface area contributed by atoms with Gasteiger partial charge in [-0.15, -0.1) is 5.10 Å². The lowest BCUT2D eigenvalue weighted by molar-refractivity contribution is 0.184. The van der Waals surface area contributed by atoms with E-state index in [1.807, 2.05) is 54.9 Å². The second-order valence-corrected chi connectivity index (χ2v) is 12.0. The van der Waals surface area contributed by atoms with Gasteiger partial charge in [-0.25, -0.2) is 4.68 Å². The second-order valence-electron chi connectivity index (χ2n) is 12.0. The average Bonchev–Trinajstić information content (AvgIpc) is 3.64. The third-order valence-corrected chi connectivity index (χ3v) is 9.12. The molecule has 0 amide bonds. The molecule has 242 valence electrons. The van der Waals surface area contributed by atoms with Crippen LogP contribution in [0.15, 0.2) is 140 Å². The van der Waals surface area contributed by atoms with E-state index < -0.39 is 5.54 Å². The molecule has 0 aliphatic rings. The summed E-state index contributed by atoms with van der Waals surface area (Å²) in [5, 5.41) is 14.1. The quantitative estimate of drug-likeness (QED) is 0.139. The average molecular weight is 644 g/mol. The maximum Gasteiger partial charge on any atom is 0.184 e. The van der Waals surface area contributed by atoms with Crippen molar-refractivity contribution in [3.05, 3.63) is 173 Å². The van der Waals surface area contributed by atoms with Crippen LogP contribution >= 0.6 is 0 Å². The van der Waals surface area contributed by atoms with Crippen molar-refractivity contribution < 1.29 is 9.47 Å². The van der Waals surface area contributed by atoms with Gasteiger partial charge in [0.25, 0.3) is 0 Å². The zero-order valence-electron chi connectivity index (χ0n) is 28.0. The third kappa shape index (κ3) is 5.58. The first kappa shape index (κ1) is 31.7. The minimum absolute atomic E-state index is 0.386. The summed E-state index contributed by atoms with van der Waals surface area (Å²) in [6.07, 6.45) is 0. The van der Waals surface area contributed by atoms with Crippen molar-refractivity contribution in [1.29, 1.82) is 0 Å². The maximum absolute atomic E-state index is 6.01. The van der Waals surface area contributed by atoms with Crippen molar-refractivity contribution in [2.75, 3.05) is 14.2 Å². The Balaban J connectivity index is 1.59. The minimum Gasteiger partial charge on any atom is -0.494 e. The SMILES string of the molecule is COCc1c(C)nc(C)c(OC)c1-c1ccc(-c2ccccc2)c(-c2nnnn2C(c2ccccc2)(c2ccccc2)c2ccccc2)c1. The number of tetrazole rings is 1. The molecule has 0 fully saturated rings. The summed E-state index contributed by atoms with van der Waals surface area (Å²) in [5.41, 5.74) is 9.67. The summed E-state index contributed by atoms with van der Waals surface area (Å²) in [7, 11) is 3.39. The fourth-order valence-corrected chi connectivity index (χ4v) is 6.98. The molecule has 0 saturated heterocycles. The highest BCUT2D eigenvalue weighted by atomic mass is 16.5. The van der Waals surface area contributed by atoms with Gasteiger partial charge in [0.2, 0.25) is 0 Å². The largest absolute Gasteiger partial charge is 0.494 e. The van der Waals surface area contributed by atoms with Gasteiger partial charge in [0, 0.05) is 29.5 Å². The summed E-state index contributed by atoms with van der Waals surface area (Å²) in [5.74, 6) is 1.33. The van der Waals surface area contributed by atoms with Crippen molar-refractivity contribution in [3.63, 3.8) is 0 Å². The van der Waals surface area contributed by atoms with Gasteiger partial charge in [-0.3, -0.25) is 4.98 Å². The van der Waals surface area contributed by atoms with Gasteiger partial charge in [-0.1, -0.05) is 133 Å². The van der Waals surface area contributed by atoms with Crippen LogP contribution < -0.4 is 4.74 Å². The number of benzene rings is 5. The fourth-order valence-electron chi connectivity index (χ4n) is 6.98. The number of aromatic nitrogens is 5. The van der Waals surface area contributed by atoms with Gasteiger partial charge in [0.15, 0.2) is 5.82 Å². The molecule has 0 aliphatic carbocycles. The first-order valence-electron chi connectivity index (χ1n) is 16.3. The molecule has 2 aromatic heterocycles. The van der Waals surface area contributed by atoms with Gasteiger partial charge in [-0.05, 0) is 63.7 Å². The third-order valence-electron chi connectivity index (χ3n) is 9.12. The Morgan fingerprint density at radius 3 is 1.69 bits per heavy atom. The molecular formula is C42H37N5O2. The van der Waals surface area contributed by atoms with Crippen molar-refractivity contribution in [3.8, 4) is 39.4 Å². The molecule has 7 rings (SSSR count). The lowest BCUT2D eigenvalue weighted by Crippen LogP contribution is -2.39. The van der Waals surface area contributed by atoms with Gasteiger partial charge in [-0.2, -0.15) is 0 Å². The lowest BCUT2D eigenvalue weighted by Gasteiger charge is -2.36. The first-order valence-corrected chi connectivity index (χ1v) is 16.3. The van der Waals surface area contributed by atoms with Crippen molar-refractivity contribution in [2.45, 2.75) is 26.0 Å². The zero-order valence-corrected chi connectivity index (χ0v) is 28.0. The van der Waals surface area contributed by atoms with E-state index in [4.69, 9.17) is 24.8 Å². The van der Waals surface area contributed by atoms with Gasteiger partial charge >= 0.3 is 0 Å². The molecule has 0 atom stereocenters. The number of hydrogen-bond donors (Lipinski definition) is 0. The van der Waals surface area contributed by atoms with E-state index in [0.29, 0.717) is 18.2 Å². The first-order chi connectivity index (χ1) is 24.1. The Morgan fingerprint density at radius 2 is 1.16 bits per heavy atom. The lowest BCUT2D eigenvalue weighted by atomic mass is 9.76. The second kappa shape index (κ2) is 13.7. The highest BCUT2D eigenvalue weighted by molar-refractivity contribution is 5.87. The predicted octanol–water partition coefficient (Wildman–Crippen LogP) is 8.68. The fraction of sp³-hybridized carbons (Fsp3) is 0.143. The van der Waals surface area contributed by atoms with E-state index in [0.717, 1.165) is 61.5 Å². The monoisotopic (exact) mass is 643 g/mol. The smallest absolute Gasteiger partial charge is 0.184 e. The normalized spacial score (nSPS) is 11.4. The van der Waals surface area contributed by atoms with Crippen LogP contribution in [0.1, 0.15) is 33.6 Å². The molecule has 0 unspecified atom stereocenters. The number of methoxy groups -OCH3 is 2. The van der Waals surface area contributed by atoms with Crippen LogP contribution in [0.25, 0.3) is 33.6 Å². The Hall–Kier alpha value is -5.92. The number of ether oxygens (including phenoxy) is 2. The number of pyridine rings is 1. The molecule has 0 saturated carbocycles. The van der Waals surface area contributed by atoms with Gasteiger partial charge in [0.1, 0.15) is 11.3 Å². The molecule has 0 spiro atoms. The van der Waals surface area contributed by atoms with Crippen LogP contribution in [-0.4, -0.2) is 39.4 Å². The Kier molecular flexibility index (Phi) is 8.83. The van der Waals surface area contributed by atoms with Crippen LogP contribution in [0.5, 0.6) is 5.75 Å². The zero-order chi connectivity index (χ0) is 33.8. The predicted molar refractivity (Wildman–Crippen MR) is 193 cm³/mol. The Bertz CT molecular complexity index is 2090. The number of nitrogens with zero attached hydrogens (tertiary/aromatic N) is 5. The number of hydrogen-bond acceptors (Lipinski definition) is 6. The topological polar surface area (TPSA) is 75.0 Å². The van der Waals surface area contributed by atoms with Crippen LogP contribution in [0.2, 0.25) is 0 Å². The van der Waals surface area contributed by atoms with Crippen molar-refractivity contribution in [2.24, 2.45) is 0 Å². The van der Waals surface area contributed by atoms with Crippen molar-refractivity contribution >= 4 is 0 Å². The number of aryl methyl sites for hydroxylation is 2. The Labute approximate surface area is 286 Å². The summed E-state index contributed by atoms with van der Waals surface area (Å²) >= 11 is 0. The molecule has 2 heterocycles. The standard InChI is InChI=1S/C42H37N5O2/c1-29-38(28-48-3)39(40(49-4)30(2)43-29)32-25-26-36(31-17-9-5-10-18-31)37(27-32)41-44-45-46-47(41)42(33-19-11-6-12-20-33,34-21-13-7-14-22-34)35-23-15-8-16-24-35/h5-27H,28H2,1-4H3. The molecule has 0 aliphatic heterocycles. The summed E-state index contributed by atoms with van der Waals surface area (Å²) in [4.78, 5) is 4.79. The van der Waals surface area contributed by atoms with Gasteiger partial charge in [0.05, 0.1) is 19.4 Å². The number of rotatable bonds is 10. The highest BCUT2D eigenvalue weighted by Crippen LogP contribution is 2.45. The van der Waals surface area contributed by atoms with Crippen LogP contribution in [-0.2, 0) is 16.9 Å². The molecular weight excluding hydrogens is 606 g/mol. The van der Waals surface area contributed by atoms with Crippen LogP contribution in [0.4, 0.5) is 0 Å². The molecule has 7 aromatic rings. The summed E-state index contributed by atoms with van der Waals surface area (Å²) in [6, 6.07) is 48.1. The van der Waals surface area contributed by atoms with Crippen LogP contribution in [0, 0.1) is 13.8 Å². The highest BCUT2D eigenvalue weighted by Gasteiger charge is 2.42. The van der Waals surface area contributed by atoms with E-state index >= 15 is 0 Å². The molecule has 7 heteroatoms. The van der Waals surface area contributed by atoms with E-state index in [9.17, 15) is 0 Å². The molecule has 0 N–H and O–H groups in total.